The van der Waals surface area contributed by atoms with Gasteiger partial charge in [-0.05, 0) is 50.6 Å². The third-order valence-electron chi connectivity index (χ3n) is 5.61. The van der Waals surface area contributed by atoms with Crippen LogP contribution in [0.15, 0.2) is 53.3 Å². The van der Waals surface area contributed by atoms with Gasteiger partial charge >= 0.3 is 0 Å². The Bertz CT molecular complexity index is 1110. The summed E-state index contributed by atoms with van der Waals surface area (Å²) in [5.74, 6) is 0.626. The number of amides is 1. The Morgan fingerprint density at radius 2 is 1.87 bits per heavy atom. The molecule has 0 aliphatic rings. The van der Waals surface area contributed by atoms with Gasteiger partial charge in [-0.2, -0.15) is 0 Å². The Morgan fingerprint density at radius 3 is 2.58 bits per heavy atom. The number of fused-ring (bicyclic) bond motifs is 1. The molecular weight excluding hydrogens is 410 g/mol. The van der Waals surface area contributed by atoms with Gasteiger partial charge in [0.2, 0.25) is 5.91 Å². The molecule has 0 aliphatic carbocycles. The first-order valence-electron chi connectivity index (χ1n) is 11.0. The molecule has 0 saturated heterocycles. The zero-order valence-corrected chi connectivity index (χ0v) is 19.2. The van der Waals surface area contributed by atoms with Gasteiger partial charge in [-0.3, -0.25) is 14.2 Å². The van der Waals surface area contributed by atoms with Gasteiger partial charge in [0, 0.05) is 18.0 Å². The van der Waals surface area contributed by atoms with Crippen molar-refractivity contribution < 1.29 is 4.79 Å². The molecule has 0 aliphatic heterocycles. The van der Waals surface area contributed by atoms with Crippen LogP contribution < -0.4 is 5.56 Å². The second kappa shape index (κ2) is 10.6. The average Bonchev–Trinajstić information content (AvgIpc) is 2.77. The number of carbonyl (C=O) groups excluding carboxylic acids is 1. The number of hydrogen-bond donors (Lipinski definition) is 0. The van der Waals surface area contributed by atoms with Crippen molar-refractivity contribution in [1.82, 2.24) is 14.5 Å². The monoisotopic (exact) mass is 439 g/mol. The molecule has 0 saturated carbocycles. The van der Waals surface area contributed by atoms with Gasteiger partial charge in [-0.1, -0.05) is 56.0 Å². The maximum atomic E-state index is 13.5. The van der Waals surface area contributed by atoms with E-state index in [2.05, 4.69) is 6.92 Å². The van der Waals surface area contributed by atoms with Crippen LogP contribution in [0.5, 0.6) is 0 Å². The second-order valence-electron chi connectivity index (χ2n) is 7.77. The van der Waals surface area contributed by atoms with E-state index in [1.807, 2.05) is 49.1 Å². The standard InChI is InChI=1S/C25H30ClN3O2/c1-4-6-7-8-16-23(30)28(5-2)18(3)24-27-22-15-10-9-14-21(22)25(31)29(24)20-13-11-12-19(26)17-20/h9-15,17-18H,4-8,16H2,1-3H3. The van der Waals surface area contributed by atoms with E-state index in [0.29, 0.717) is 40.4 Å². The van der Waals surface area contributed by atoms with E-state index in [9.17, 15) is 9.59 Å². The molecule has 0 fully saturated rings. The number of nitrogens with zero attached hydrogens (tertiary/aromatic N) is 3. The molecule has 2 aromatic carbocycles. The Morgan fingerprint density at radius 1 is 1.10 bits per heavy atom. The number of para-hydroxylation sites is 1. The fourth-order valence-corrected chi connectivity index (χ4v) is 4.13. The maximum Gasteiger partial charge on any atom is 0.266 e. The number of aromatic nitrogens is 2. The lowest BCUT2D eigenvalue weighted by Crippen LogP contribution is -2.37. The number of hydrogen-bond acceptors (Lipinski definition) is 3. The van der Waals surface area contributed by atoms with Crippen molar-refractivity contribution in [3.63, 3.8) is 0 Å². The van der Waals surface area contributed by atoms with E-state index in [-0.39, 0.29) is 17.5 Å². The molecule has 1 aromatic heterocycles. The summed E-state index contributed by atoms with van der Waals surface area (Å²) in [6, 6.07) is 14.1. The fourth-order valence-electron chi connectivity index (χ4n) is 3.95. The second-order valence-corrected chi connectivity index (χ2v) is 8.21. The summed E-state index contributed by atoms with van der Waals surface area (Å²) in [5.41, 5.74) is 1.10. The van der Waals surface area contributed by atoms with Gasteiger partial charge in [0.25, 0.3) is 5.56 Å². The zero-order valence-electron chi connectivity index (χ0n) is 18.5. The smallest absolute Gasteiger partial charge is 0.266 e. The molecule has 6 heteroatoms. The molecular formula is C25H30ClN3O2. The molecule has 0 N–H and O–H groups in total. The van der Waals surface area contributed by atoms with Gasteiger partial charge in [0.1, 0.15) is 5.82 Å². The largest absolute Gasteiger partial charge is 0.333 e. The van der Waals surface area contributed by atoms with Crippen LogP contribution in [-0.2, 0) is 4.79 Å². The minimum atomic E-state index is -0.361. The van der Waals surface area contributed by atoms with Crippen LogP contribution in [0.25, 0.3) is 16.6 Å². The van der Waals surface area contributed by atoms with Crippen LogP contribution in [0.3, 0.4) is 0 Å². The molecule has 3 aromatic rings. The number of carbonyl (C=O) groups is 1. The number of rotatable bonds is 9. The molecule has 0 spiro atoms. The fraction of sp³-hybridized carbons (Fsp3) is 0.400. The van der Waals surface area contributed by atoms with Crippen molar-refractivity contribution in [3.05, 3.63) is 69.7 Å². The molecule has 5 nitrogen and oxygen atoms in total. The van der Waals surface area contributed by atoms with Crippen molar-refractivity contribution in [3.8, 4) is 5.69 Å². The van der Waals surface area contributed by atoms with Gasteiger partial charge in [0.05, 0.1) is 22.6 Å². The van der Waals surface area contributed by atoms with Crippen LogP contribution >= 0.6 is 11.6 Å². The van der Waals surface area contributed by atoms with Crippen LogP contribution in [0.2, 0.25) is 5.02 Å². The SMILES string of the molecule is CCCCCCC(=O)N(CC)C(C)c1nc2ccccc2c(=O)n1-c1cccc(Cl)c1. The van der Waals surface area contributed by atoms with E-state index < -0.39 is 0 Å². The van der Waals surface area contributed by atoms with Crippen LogP contribution in [0.4, 0.5) is 0 Å². The van der Waals surface area contributed by atoms with Crippen molar-refractivity contribution in [2.75, 3.05) is 6.54 Å². The molecule has 31 heavy (non-hydrogen) atoms. The van der Waals surface area contributed by atoms with Gasteiger partial charge in [-0.25, -0.2) is 4.98 Å². The lowest BCUT2D eigenvalue weighted by atomic mass is 10.1. The predicted molar refractivity (Wildman–Crippen MR) is 127 cm³/mol. The predicted octanol–water partition coefficient (Wildman–Crippen LogP) is 5.92. The number of halogens is 1. The Labute approximate surface area is 188 Å². The lowest BCUT2D eigenvalue weighted by molar-refractivity contribution is -0.133. The lowest BCUT2D eigenvalue weighted by Gasteiger charge is -2.29. The summed E-state index contributed by atoms with van der Waals surface area (Å²) in [4.78, 5) is 33.1. The maximum absolute atomic E-state index is 13.5. The Balaban J connectivity index is 2.08. The first-order chi connectivity index (χ1) is 15.0. The molecule has 1 heterocycles. The highest BCUT2D eigenvalue weighted by atomic mass is 35.5. The molecule has 1 unspecified atom stereocenters. The zero-order chi connectivity index (χ0) is 22.4. The summed E-state index contributed by atoms with van der Waals surface area (Å²) in [7, 11) is 0. The minimum absolute atomic E-state index is 0.0890. The minimum Gasteiger partial charge on any atom is -0.333 e. The van der Waals surface area contributed by atoms with Gasteiger partial charge in [0.15, 0.2) is 0 Å². The molecule has 3 rings (SSSR count). The highest BCUT2D eigenvalue weighted by Gasteiger charge is 2.25. The summed E-state index contributed by atoms with van der Waals surface area (Å²) in [5, 5.41) is 1.07. The highest BCUT2D eigenvalue weighted by Crippen LogP contribution is 2.25. The van der Waals surface area contributed by atoms with E-state index >= 15 is 0 Å². The topological polar surface area (TPSA) is 55.2 Å². The number of unbranched alkanes of at least 4 members (excludes halogenated alkanes) is 3. The Kier molecular flexibility index (Phi) is 7.85. The summed E-state index contributed by atoms with van der Waals surface area (Å²) >= 11 is 6.22. The molecule has 164 valence electrons. The highest BCUT2D eigenvalue weighted by molar-refractivity contribution is 6.30. The normalized spacial score (nSPS) is 12.1. The van der Waals surface area contributed by atoms with E-state index in [1.165, 1.54) is 0 Å². The summed E-state index contributed by atoms with van der Waals surface area (Å²) in [6.07, 6.45) is 4.70. The molecule has 1 amide bonds. The summed E-state index contributed by atoms with van der Waals surface area (Å²) in [6.45, 7) is 6.60. The van der Waals surface area contributed by atoms with Crippen LogP contribution in [-0.4, -0.2) is 26.9 Å². The first kappa shape index (κ1) is 23.0. The van der Waals surface area contributed by atoms with E-state index in [0.717, 1.165) is 25.7 Å². The van der Waals surface area contributed by atoms with E-state index in [1.54, 1.807) is 22.8 Å². The Hall–Kier alpha value is -2.66. The quantitative estimate of drug-likeness (QED) is 0.389. The molecule has 1 atom stereocenters. The van der Waals surface area contributed by atoms with Crippen molar-refractivity contribution in [1.29, 1.82) is 0 Å². The van der Waals surface area contributed by atoms with Crippen LogP contribution in [0, 0.1) is 0 Å². The molecule has 0 radical (unpaired) electrons. The average molecular weight is 440 g/mol. The van der Waals surface area contributed by atoms with Crippen molar-refractivity contribution in [2.45, 2.75) is 58.9 Å². The summed E-state index contributed by atoms with van der Waals surface area (Å²) < 4.78 is 1.59. The van der Waals surface area contributed by atoms with Gasteiger partial charge < -0.3 is 4.90 Å². The van der Waals surface area contributed by atoms with Crippen molar-refractivity contribution in [2.24, 2.45) is 0 Å². The number of benzene rings is 2. The first-order valence-corrected chi connectivity index (χ1v) is 11.4. The van der Waals surface area contributed by atoms with Crippen molar-refractivity contribution >= 4 is 28.4 Å². The third kappa shape index (κ3) is 5.16. The molecule has 0 bridgehead atoms. The van der Waals surface area contributed by atoms with Gasteiger partial charge in [-0.15, -0.1) is 0 Å². The van der Waals surface area contributed by atoms with Crippen LogP contribution in [0.1, 0.15) is 64.7 Å². The third-order valence-corrected chi connectivity index (χ3v) is 5.85. The van der Waals surface area contributed by atoms with E-state index in [4.69, 9.17) is 16.6 Å².